The number of nitrogens with zero attached hydrogens (tertiary/aromatic N) is 2. The Balaban J connectivity index is 2.86. The second-order valence-electron chi connectivity index (χ2n) is 5.28. The monoisotopic (exact) mass is 257 g/mol. The zero-order valence-electron chi connectivity index (χ0n) is 11.6. The Kier molecular flexibility index (Phi) is 5.02. The highest BCUT2D eigenvalue weighted by Gasteiger charge is 2.23. The van der Waals surface area contributed by atoms with Gasteiger partial charge in [0, 0.05) is 13.1 Å². The topological polar surface area (TPSA) is 29.9 Å². The van der Waals surface area contributed by atoms with Gasteiger partial charge in [-0.3, -0.25) is 4.68 Å². The second kappa shape index (κ2) is 5.87. The van der Waals surface area contributed by atoms with Gasteiger partial charge in [-0.1, -0.05) is 32.4 Å². The minimum Gasteiger partial charge on any atom is -0.316 e. The molecular formula is C13H24ClN3. The predicted octanol–water partition coefficient (Wildman–Crippen LogP) is 3.04. The van der Waals surface area contributed by atoms with Gasteiger partial charge in [-0.25, -0.2) is 0 Å². The van der Waals surface area contributed by atoms with E-state index in [4.69, 9.17) is 11.6 Å². The van der Waals surface area contributed by atoms with E-state index in [1.807, 2.05) is 11.6 Å². The normalized spacial score (nSPS) is 12.1. The molecule has 1 heterocycles. The summed E-state index contributed by atoms with van der Waals surface area (Å²) in [4.78, 5) is 0. The average Bonchev–Trinajstić information content (AvgIpc) is 2.54. The number of aromatic nitrogens is 2. The zero-order valence-corrected chi connectivity index (χ0v) is 12.4. The van der Waals surface area contributed by atoms with Crippen LogP contribution in [0, 0.1) is 12.3 Å². The number of hydrogen-bond donors (Lipinski definition) is 1. The van der Waals surface area contributed by atoms with E-state index in [1.54, 1.807) is 0 Å². The van der Waals surface area contributed by atoms with Gasteiger partial charge in [0.2, 0.25) is 0 Å². The van der Waals surface area contributed by atoms with Crippen molar-refractivity contribution in [1.29, 1.82) is 0 Å². The molecule has 1 N–H and O–H groups in total. The molecule has 0 radical (unpaired) electrons. The van der Waals surface area contributed by atoms with Gasteiger partial charge in [-0.15, -0.1) is 0 Å². The van der Waals surface area contributed by atoms with Crippen LogP contribution in [0.25, 0.3) is 0 Å². The number of halogens is 1. The fourth-order valence-corrected chi connectivity index (χ4v) is 2.22. The first-order chi connectivity index (χ1) is 7.91. The van der Waals surface area contributed by atoms with E-state index >= 15 is 0 Å². The van der Waals surface area contributed by atoms with E-state index in [9.17, 15) is 0 Å². The molecule has 98 valence electrons. The Labute approximate surface area is 110 Å². The molecule has 4 heteroatoms. The third-order valence-electron chi connectivity index (χ3n) is 2.95. The lowest BCUT2D eigenvalue weighted by Crippen LogP contribution is -2.31. The van der Waals surface area contributed by atoms with E-state index in [2.05, 4.69) is 38.1 Å². The van der Waals surface area contributed by atoms with Crippen molar-refractivity contribution in [3.05, 3.63) is 16.4 Å². The molecule has 1 rings (SSSR count). The maximum atomic E-state index is 6.33. The third kappa shape index (κ3) is 3.71. The number of aryl methyl sites for hydroxylation is 2. The van der Waals surface area contributed by atoms with Gasteiger partial charge >= 0.3 is 0 Å². The highest BCUT2D eigenvalue weighted by Crippen LogP contribution is 2.28. The van der Waals surface area contributed by atoms with Crippen LogP contribution in [0.4, 0.5) is 0 Å². The lowest BCUT2D eigenvalue weighted by atomic mass is 9.87. The van der Waals surface area contributed by atoms with Crippen LogP contribution in [0.15, 0.2) is 0 Å². The fourth-order valence-electron chi connectivity index (χ4n) is 2.02. The van der Waals surface area contributed by atoms with Crippen LogP contribution in [0.3, 0.4) is 0 Å². The number of rotatable bonds is 6. The van der Waals surface area contributed by atoms with Gasteiger partial charge in [-0.05, 0) is 32.2 Å². The summed E-state index contributed by atoms with van der Waals surface area (Å²) < 4.78 is 2.02. The molecule has 1 aromatic heterocycles. The summed E-state index contributed by atoms with van der Waals surface area (Å²) >= 11 is 6.33. The molecular weight excluding hydrogens is 234 g/mol. The van der Waals surface area contributed by atoms with Crippen molar-refractivity contribution in [3.8, 4) is 0 Å². The molecule has 0 spiro atoms. The van der Waals surface area contributed by atoms with Crippen molar-refractivity contribution in [1.82, 2.24) is 15.1 Å². The zero-order chi connectivity index (χ0) is 13.1. The van der Waals surface area contributed by atoms with Gasteiger partial charge in [0.15, 0.2) is 0 Å². The predicted molar refractivity (Wildman–Crippen MR) is 73.7 cm³/mol. The van der Waals surface area contributed by atoms with Crippen molar-refractivity contribution in [2.45, 2.75) is 47.6 Å². The summed E-state index contributed by atoms with van der Waals surface area (Å²) in [5.41, 5.74) is 2.29. The van der Waals surface area contributed by atoms with Crippen molar-refractivity contribution < 1.29 is 0 Å². The largest absolute Gasteiger partial charge is 0.316 e. The maximum absolute atomic E-state index is 6.33. The van der Waals surface area contributed by atoms with Gasteiger partial charge < -0.3 is 5.32 Å². The Morgan fingerprint density at radius 2 is 2.00 bits per heavy atom. The summed E-state index contributed by atoms with van der Waals surface area (Å²) in [6.45, 7) is 13.6. The van der Waals surface area contributed by atoms with E-state index in [0.717, 1.165) is 42.5 Å². The lowest BCUT2D eigenvalue weighted by Gasteiger charge is -2.25. The molecule has 0 fully saturated rings. The van der Waals surface area contributed by atoms with Crippen LogP contribution in [0.1, 0.15) is 39.1 Å². The minimum absolute atomic E-state index is 0.193. The maximum Gasteiger partial charge on any atom is 0.0847 e. The first-order valence-electron chi connectivity index (χ1n) is 6.33. The van der Waals surface area contributed by atoms with Gasteiger partial charge in [-0.2, -0.15) is 5.10 Å². The lowest BCUT2D eigenvalue weighted by molar-refractivity contribution is 0.332. The Bertz CT molecular complexity index is 369. The number of nitrogens with one attached hydrogen (secondary N) is 1. The number of hydrogen-bond acceptors (Lipinski definition) is 2. The molecule has 0 aromatic carbocycles. The summed E-state index contributed by atoms with van der Waals surface area (Å²) in [5, 5.41) is 8.69. The quantitative estimate of drug-likeness (QED) is 0.849. The average molecular weight is 258 g/mol. The molecule has 0 unspecified atom stereocenters. The summed E-state index contributed by atoms with van der Waals surface area (Å²) in [6.07, 6.45) is 0.952. The molecule has 1 aromatic rings. The van der Waals surface area contributed by atoms with Gasteiger partial charge in [0.05, 0.1) is 16.4 Å². The molecule has 17 heavy (non-hydrogen) atoms. The van der Waals surface area contributed by atoms with Crippen LogP contribution in [-0.2, 0) is 13.0 Å². The van der Waals surface area contributed by atoms with E-state index in [1.165, 1.54) is 0 Å². The molecule has 3 nitrogen and oxygen atoms in total. The van der Waals surface area contributed by atoms with Crippen molar-refractivity contribution in [3.63, 3.8) is 0 Å². The van der Waals surface area contributed by atoms with Crippen LogP contribution < -0.4 is 5.32 Å². The Hall–Kier alpha value is -0.540. The van der Waals surface area contributed by atoms with E-state index < -0.39 is 0 Å². The summed E-state index contributed by atoms with van der Waals surface area (Å²) in [7, 11) is 0. The molecule has 0 amide bonds. The first-order valence-corrected chi connectivity index (χ1v) is 6.71. The molecule has 0 saturated heterocycles. The highest BCUT2D eigenvalue weighted by molar-refractivity contribution is 6.31. The fraction of sp³-hybridized carbons (Fsp3) is 0.769. The standard InChI is InChI=1S/C13H24ClN3/c1-6-15-9-13(4,5)8-11-12(14)10(3)16-17(11)7-2/h15H,6-9H2,1-5H3. The molecule has 0 atom stereocenters. The van der Waals surface area contributed by atoms with Crippen LogP contribution in [0.5, 0.6) is 0 Å². The molecule has 0 aliphatic rings. The van der Waals surface area contributed by atoms with E-state index in [-0.39, 0.29) is 5.41 Å². The van der Waals surface area contributed by atoms with Crippen LogP contribution in [0.2, 0.25) is 5.02 Å². The van der Waals surface area contributed by atoms with Gasteiger partial charge in [0.25, 0.3) is 0 Å². The Morgan fingerprint density at radius 1 is 1.35 bits per heavy atom. The van der Waals surface area contributed by atoms with Crippen molar-refractivity contribution in [2.75, 3.05) is 13.1 Å². The summed E-state index contributed by atoms with van der Waals surface area (Å²) in [6, 6.07) is 0. The molecule has 0 aliphatic carbocycles. The SMILES string of the molecule is CCNCC(C)(C)Cc1c(Cl)c(C)nn1CC. The summed E-state index contributed by atoms with van der Waals surface area (Å²) in [5.74, 6) is 0. The first kappa shape index (κ1) is 14.5. The minimum atomic E-state index is 0.193. The van der Waals surface area contributed by atoms with Crippen molar-refractivity contribution in [2.24, 2.45) is 5.41 Å². The molecule has 0 saturated carbocycles. The smallest absolute Gasteiger partial charge is 0.0847 e. The molecule has 0 bridgehead atoms. The van der Waals surface area contributed by atoms with Crippen molar-refractivity contribution >= 4 is 11.6 Å². The third-order valence-corrected chi connectivity index (χ3v) is 3.44. The Morgan fingerprint density at radius 3 is 2.53 bits per heavy atom. The van der Waals surface area contributed by atoms with E-state index in [0.29, 0.717) is 0 Å². The second-order valence-corrected chi connectivity index (χ2v) is 5.66. The van der Waals surface area contributed by atoms with Crippen LogP contribution in [-0.4, -0.2) is 22.9 Å². The van der Waals surface area contributed by atoms with Crippen LogP contribution >= 0.6 is 11.6 Å². The molecule has 0 aliphatic heterocycles. The highest BCUT2D eigenvalue weighted by atomic mass is 35.5. The van der Waals surface area contributed by atoms with Gasteiger partial charge in [0.1, 0.15) is 0 Å².